The van der Waals surface area contributed by atoms with Gasteiger partial charge in [0.15, 0.2) is 0 Å². The molecule has 0 fully saturated rings. The van der Waals surface area contributed by atoms with E-state index in [0.29, 0.717) is 5.56 Å². The zero-order valence-electron chi connectivity index (χ0n) is 10.0. The van der Waals surface area contributed by atoms with Gasteiger partial charge in [-0.3, -0.25) is 4.79 Å². The Morgan fingerprint density at radius 3 is 2.67 bits per heavy atom. The van der Waals surface area contributed by atoms with Gasteiger partial charge < -0.3 is 10.4 Å². The number of aliphatic hydroxyl groups excluding tert-OH is 1. The third-order valence-electron chi connectivity index (χ3n) is 2.28. The Morgan fingerprint density at radius 2 is 2.17 bits per heavy atom. The normalized spacial score (nSPS) is 10.9. The number of halogens is 1. The number of amides is 1. The molecular weight excluding hydrogens is 294 g/mol. The van der Waals surface area contributed by atoms with Crippen molar-refractivity contribution in [1.29, 1.82) is 0 Å². The number of carbonyl (C=O) groups excluding carboxylic acids is 1. The first-order valence-electron chi connectivity index (χ1n) is 5.24. The van der Waals surface area contributed by atoms with Gasteiger partial charge in [0.1, 0.15) is 5.76 Å². The SMILES string of the molecule is C=C/C=C(/NC(=O)c1ccc(C)c(Br)c1)C(=C)O. The van der Waals surface area contributed by atoms with E-state index in [2.05, 4.69) is 34.4 Å². The topological polar surface area (TPSA) is 49.3 Å². The van der Waals surface area contributed by atoms with Gasteiger partial charge in [0, 0.05) is 10.0 Å². The fourth-order valence-electron chi connectivity index (χ4n) is 1.26. The third kappa shape index (κ3) is 3.60. The van der Waals surface area contributed by atoms with E-state index < -0.39 is 0 Å². The Kier molecular flexibility index (Phi) is 4.92. The summed E-state index contributed by atoms with van der Waals surface area (Å²) in [6, 6.07) is 5.26. The summed E-state index contributed by atoms with van der Waals surface area (Å²) < 4.78 is 0.854. The van der Waals surface area contributed by atoms with Crippen molar-refractivity contribution in [2.24, 2.45) is 0 Å². The first-order valence-corrected chi connectivity index (χ1v) is 6.03. The maximum Gasteiger partial charge on any atom is 0.255 e. The highest BCUT2D eigenvalue weighted by atomic mass is 79.9. The van der Waals surface area contributed by atoms with E-state index in [9.17, 15) is 9.90 Å². The molecule has 0 spiro atoms. The molecule has 0 aromatic heterocycles. The molecule has 1 rings (SSSR count). The van der Waals surface area contributed by atoms with Gasteiger partial charge in [-0.05, 0) is 30.7 Å². The summed E-state index contributed by atoms with van der Waals surface area (Å²) in [7, 11) is 0. The first-order chi connectivity index (χ1) is 8.45. The maximum absolute atomic E-state index is 11.9. The fraction of sp³-hybridized carbons (Fsp3) is 0.0714. The Bertz CT molecular complexity index is 533. The van der Waals surface area contributed by atoms with E-state index in [1.54, 1.807) is 12.1 Å². The number of carbonyl (C=O) groups is 1. The number of rotatable bonds is 4. The molecule has 0 saturated heterocycles. The summed E-state index contributed by atoms with van der Waals surface area (Å²) in [5, 5.41) is 11.9. The monoisotopic (exact) mass is 307 g/mol. The van der Waals surface area contributed by atoms with Crippen molar-refractivity contribution in [2.45, 2.75) is 6.92 Å². The van der Waals surface area contributed by atoms with Crippen LogP contribution >= 0.6 is 15.9 Å². The molecule has 0 unspecified atom stereocenters. The third-order valence-corrected chi connectivity index (χ3v) is 3.13. The Morgan fingerprint density at radius 1 is 1.50 bits per heavy atom. The average molecular weight is 308 g/mol. The molecule has 0 aliphatic heterocycles. The number of aryl methyl sites for hydroxylation is 1. The Balaban J connectivity index is 2.94. The quantitative estimate of drug-likeness (QED) is 0.659. The van der Waals surface area contributed by atoms with Crippen LogP contribution in [0.3, 0.4) is 0 Å². The molecule has 0 aliphatic carbocycles. The van der Waals surface area contributed by atoms with Crippen LogP contribution in [0.25, 0.3) is 0 Å². The molecule has 3 nitrogen and oxygen atoms in total. The van der Waals surface area contributed by atoms with Gasteiger partial charge in [0.05, 0.1) is 5.70 Å². The molecule has 0 radical (unpaired) electrons. The lowest BCUT2D eigenvalue weighted by molar-refractivity contribution is 0.0964. The number of hydrogen-bond acceptors (Lipinski definition) is 2. The number of hydrogen-bond donors (Lipinski definition) is 2. The summed E-state index contributed by atoms with van der Waals surface area (Å²) in [6.45, 7) is 8.80. The predicted octanol–water partition coefficient (Wildman–Crippen LogP) is 3.63. The molecule has 0 heterocycles. The van der Waals surface area contributed by atoms with E-state index in [-0.39, 0.29) is 17.4 Å². The van der Waals surface area contributed by atoms with Gasteiger partial charge in [-0.15, -0.1) is 0 Å². The zero-order valence-corrected chi connectivity index (χ0v) is 11.6. The molecule has 18 heavy (non-hydrogen) atoms. The lowest BCUT2D eigenvalue weighted by Gasteiger charge is -2.09. The molecule has 0 aliphatic rings. The minimum atomic E-state index is -0.320. The molecule has 0 atom stereocenters. The van der Waals surface area contributed by atoms with E-state index in [4.69, 9.17) is 0 Å². The second-order valence-corrected chi connectivity index (χ2v) is 4.54. The summed E-state index contributed by atoms with van der Waals surface area (Å²) in [4.78, 5) is 11.9. The molecule has 0 saturated carbocycles. The molecule has 0 bridgehead atoms. The van der Waals surface area contributed by atoms with Crippen molar-refractivity contribution in [3.63, 3.8) is 0 Å². The number of nitrogens with one attached hydrogen (secondary N) is 1. The van der Waals surface area contributed by atoms with Crippen molar-refractivity contribution in [3.05, 3.63) is 70.6 Å². The van der Waals surface area contributed by atoms with Crippen LogP contribution in [0.15, 0.2) is 59.4 Å². The molecular formula is C14H14BrNO2. The molecule has 1 aromatic rings. The smallest absolute Gasteiger partial charge is 0.255 e. The summed E-state index contributed by atoms with van der Waals surface area (Å²) >= 11 is 3.36. The molecule has 1 amide bonds. The number of aliphatic hydroxyl groups is 1. The van der Waals surface area contributed by atoms with E-state index >= 15 is 0 Å². The van der Waals surface area contributed by atoms with Gasteiger partial charge in [-0.2, -0.15) is 0 Å². The highest BCUT2D eigenvalue weighted by molar-refractivity contribution is 9.10. The standard InChI is InChI=1S/C14H14BrNO2/c1-4-5-13(10(3)17)16-14(18)11-7-6-9(2)12(15)8-11/h4-8,17H,1,3H2,2H3,(H,16,18)/b13-5+. The largest absolute Gasteiger partial charge is 0.506 e. The summed E-state index contributed by atoms with van der Waals surface area (Å²) in [5.41, 5.74) is 1.76. The van der Waals surface area contributed by atoms with Gasteiger partial charge in [-0.1, -0.05) is 41.2 Å². The molecule has 2 N–H and O–H groups in total. The van der Waals surface area contributed by atoms with Gasteiger partial charge >= 0.3 is 0 Å². The summed E-state index contributed by atoms with van der Waals surface area (Å²) in [6.07, 6.45) is 2.94. The minimum Gasteiger partial charge on any atom is -0.506 e. The van der Waals surface area contributed by atoms with Crippen molar-refractivity contribution >= 4 is 21.8 Å². The fourth-order valence-corrected chi connectivity index (χ4v) is 1.64. The second kappa shape index (κ2) is 6.21. The Labute approximate surface area is 115 Å². The van der Waals surface area contributed by atoms with Crippen LogP contribution in [0, 0.1) is 6.92 Å². The van der Waals surface area contributed by atoms with Crippen molar-refractivity contribution in [3.8, 4) is 0 Å². The number of benzene rings is 1. The van der Waals surface area contributed by atoms with Crippen LogP contribution in [0.2, 0.25) is 0 Å². The molecule has 4 heteroatoms. The van der Waals surface area contributed by atoms with Gasteiger partial charge in [-0.25, -0.2) is 0 Å². The van der Waals surface area contributed by atoms with Gasteiger partial charge in [0.25, 0.3) is 5.91 Å². The van der Waals surface area contributed by atoms with E-state index in [1.807, 2.05) is 13.0 Å². The maximum atomic E-state index is 11.9. The van der Waals surface area contributed by atoms with Crippen LogP contribution < -0.4 is 5.32 Å². The van der Waals surface area contributed by atoms with E-state index in [1.165, 1.54) is 12.2 Å². The minimum absolute atomic E-state index is 0.213. The van der Waals surface area contributed by atoms with Crippen LogP contribution in [0.1, 0.15) is 15.9 Å². The lowest BCUT2D eigenvalue weighted by atomic mass is 10.1. The first kappa shape index (κ1) is 14.3. The van der Waals surface area contributed by atoms with Crippen molar-refractivity contribution in [1.82, 2.24) is 5.32 Å². The highest BCUT2D eigenvalue weighted by Gasteiger charge is 2.10. The highest BCUT2D eigenvalue weighted by Crippen LogP contribution is 2.17. The van der Waals surface area contributed by atoms with Crippen LogP contribution in [-0.2, 0) is 0 Å². The van der Waals surface area contributed by atoms with Crippen molar-refractivity contribution in [2.75, 3.05) is 0 Å². The van der Waals surface area contributed by atoms with Crippen LogP contribution in [0.5, 0.6) is 0 Å². The number of allylic oxidation sites excluding steroid dienone is 2. The molecule has 1 aromatic carbocycles. The van der Waals surface area contributed by atoms with Crippen molar-refractivity contribution < 1.29 is 9.90 Å². The van der Waals surface area contributed by atoms with Crippen LogP contribution in [-0.4, -0.2) is 11.0 Å². The average Bonchev–Trinajstić information content (AvgIpc) is 2.31. The Hall–Kier alpha value is -1.81. The summed E-state index contributed by atoms with van der Waals surface area (Å²) in [5.74, 6) is -0.534. The molecule has 94 valence electrons. The van der Waals surface area contributed by atoms with Crippen LogP contribution in [0.4, 0.5) is 0 Å². The predicted molar refractivity (Wildman–Crippen MR) is 76.4 cm³/mol. The second-order valence-electron chi connectivity index (χ2n) is 3.68. The van der Waals surface area contributed by atoms with Gasteiger partial charge in [0.2, 0.25) is 0 Å². The lowest BCUT2D eigenvalue weighted by Crippen LogP contribution is -2.23. The zero-order chi connectivity index (χ0) is 13.7. The van der Waals surface area contributed by atoms with E-state index in [0.717, 1.165) is 10.0 Å².